The number of amides is 1. The Balaban J connectivity index is 2.79. The van der Waals surface area contributed by atoms with E-state index in [9.17, 15) is 35.1 Å². The van der Waals surface area contributed by atoms with Gasteiger partial charge in [-0.2, -0.15) is 0 Å². The zero-order valence-corrected chi connectivity index (χ0v) is 44.3. The minimum atomic E-state index is -1.64. The van der Waals surface area contributed by atoms with Crippen LogP contribution in [-0.2, 0) is 23.8 Å². The number of aliphatic hydroxyl groups is 5. The van der Waals surface area contributed by atoms with Crippen molar-refractivity contribution in [2.75, 3.05) is 13.2 Å². The molecule has 1 rings (SSSR count). The van der Waals surface area contributed by atoms with Crippen molar-refractivity contribution >= 4 is 11.9 Å². The van der Waals surface area contributed by atoms with Crippen LogP contribution in [0.25, 0.3) is 0 Å². The Labute approximate surface area is 430 Å². The second kappa shape index (κ2) is 47.3. The van der Waals surface area contributed by atoms with Crippen LogP contribution >= 0.6 is 0 Å². The van der Waals surface area contributed by atoms with Gasteiger partial charge in [0.25, 0.3) is 0 Å². The lowest BCUT2D eigenvalue weighted by Crippen LogP contribution is -2.61. The van der Waals surface area contributed by atoms with Gasteiger partial charge in [0.2, 0.25) is 5.91 Å². The summed E-state index contributed by atoms with van der Waals surface area (Å²) in [6.45, 7) is 5.47. The summed E-state index contributed by atoms with van der Waals surface area (Å²) in [5.74, 6) is -1.26. The topological polar surface area (TPSA) is 175 Å². The molecule has 0 spiro atoms. The lowest BCUT2D eigenvalue weighted by atomic mass is 9.99. The molecule has 0 aromatic rings. The summed E-state index contributed by atoms with van der Waals surface area (Å²) in [6, 6.07) is -1.04. The molecule has 8 unspecified atom stereocenters. The van der Waals surface area contributed by atoms with Crippen molar-refractivity contribution in [3.05, 3.63) is 109 Å². The van der Waals surface area contributed by atoms with Gasteiger partial charge in [-0.15, -0.1) is 0 Å². The highest BCUT2D eigenvalue weighted by Crippen LogP contribution is 2.26. The summed E-state index contributed by atoms with van der Waals surface area (Å²) in [5, 5.41) is 56.7. The minimum Gasteiger partial charge on any atom is -0.454 e. The highest BCUT2D eigenvalue weighted by Gasteiger charge is 2.47. The van der Waals surface area contributed by atoms with E-state index >= 15 is 0 Å². The molecule has 1 saturated heterocycles. The van der Waals surface area contributed by atoms with Crippen LogP contribution in [-0.4, -0.2) is 99.6 Å². The first-order valence-corrected chi connectivity index (χ1v) is 27.7. The lowest BCUT2D eigenvalue weighted by Gasteiger charge is -2.41. The number of rotatable bonds is 44. The molecule has 1 heterocycles. The third kappa shape index (κ3) is 36.0. The van der Waals surface area contributed by atoms with E-state index in [1.807, 2.05) is 66.8 Å². The highest BCUT2D eigenvalue weighted by molar-refractivity contribution is 5.80. The van der Waals surface area contributed by atoms with Crippen molar-refractivity contribution in [2.45, 2.75) is 243 Å². The Kier molecular flexibility index (Phi) is 43.6. The van der Waals surface area contributed by atoms with Gasteiger partial charge in [0.1, 0.15) is 24.4 Å². The predicted molar refractivity (Wildman–Crippen MR) is 291 cm³/mol. The number of carbonyl (C=O) groups is 2. The molecule has 0 aromatic heterocycles. The average molecular weight is 994 g/mol. The van der Waals surface area contributed by atoms with Crippen LogP contribution in [0, 0.1) is 0 Å². The number of hydrogen-bond acceptors (Lipinski definition) is 10. The molecular formula is C60H99NO10. The largest absolute Gasteiger partial charge is 0.454 e. The molecular weight excluding hydrogens is 895 g/mol. The quantitative estimate of drug-likeness (QED) is 0.0149. The van der Waals surface area contributed by atoms with Gasteiger partial charge in [0.15, 0.2) is 12.4 Å². The number of unbranched alkanes of at least 4 members (excludes halogenated alkanes) is 19. The monoisotopic (exact) mass is 994 g/mol. The van der Waals surface area contributed by atoms with E-state index in [4.69, 9.17) is 14.2 Å². The zero-order chi connectivity index (χ0) is 51.8. The molecule has 404 valence electrons. The summed E-state index contributed by atoms with van der Waals surface area (Å²) in [7, 11) is 0. The number of nitrogens with one attached hydrogen (secondary N) is 1. The van der Waals surface area contributed by atoms with Gasteiger partial charge in [0.05, 0.1) is 25.4 Å². The van der Waals surface area contributed by atoms with E-state index < -0.39 is 67.4 Å². The van der Waals surface area contributed by atoms with Gasteiger partial charge in [-0.1, -0.05) is 226 Å². The summed E-state index contributed by atoms with van der Waals surface area (Å²) in [6.07, 6.45) is 52.7. The number of carbonyl (C=O) groups excluding carboxylic acids is 2. The predicted octanol–water partition coefficient (Wildman–Crippen LogP) is 12.2. The van der Waals surface area contributed by atoms with Crippen LogP contribution in [0.2, 0.25) is 0 Å². The molecule has 0 saturated carbocycles. The molecule has 1 aliphatic heterocycles. The standard InChI is InChI=1S/C60H99NO10/c1-4-7-10-13-16-19-22-25-26-27-28-30-33-36-39-42-45-48-55(65)71-58-57(67)56(66)54(49-62)70-60(58)69-50-51(52(63)46-43-40-37-34-31-24-21-18-15-12-9-6-3)61-59(68)53(64)47-44-41-38-35-32-29-23-20-17-14-11-8-5-2/h7-8,10-11,13,16-17,19-20,22,25-28,30,33,43,46,51-54,56-58,60,62-64,66-67H,4-6,9,12,14-15,18,21,23-24,29,31-32,34-42,44-45,47-50H2,1-3H3,(H,61,68)/b10-7-,11-8+,16-13+,20-17+,22-19+,26-25-,28-27+,33-30+,46-43+. The van der Waals surface area contributed by atoms with Crippen LogP contribution < -0.4 is 5.32 Å². The number of aliphatic hydroxyl groups excluding tert-OH is 5. The third-order valence-corrected chi connectivity index (χ3v) is 12.3. The first-order chi connectivity index (χ1) is 34.7. The second-order valence-corrected chi connectivity index (χ2v) is 18.7. The van der Waals surface area contributed by atoms with Crippen molar-refractivity contribution in [3.63, 3.8) is 0 Å². The molecule has 0 radical (unpaired) electrons. The van der Waals surface area contributed by atoms with E-state index in [1.54, 1.807) is 6.08 Å². The number of esters is 1. The lowest BCUT2D eigenvalue weighted by molar-refractivity contribution is -0.305. The van der Waals surface area contributed by atoms with Gasteiger partial charge in [-0.25, -0.2) is 0 Å². The smallest absolute Gasteiger partial charge is 0.306 e. The number of hydrogen-bond donors (Lipinski definition) is 6. The van der Waals surface area contributed by atoms with E-state index in [1.165, 1.54) is 44.9 Å². The first kappa shape index (κ1) is 65.3. The van der Waals surface area contributed by atoms with Gasteiger partial charge in [-0.05, 0) is 70.6 Å². The maximum absolute atomic E-state index is 13.3. The van der Waals surface area contributed by atoms with Crippen LogP contribution in [0.15, 0.2) is 109 Å². The van der Waals surface area contributed by atoms with Crippen LogP contribution in [0.4, 0.5) is 0 Å². The fraction of sp³-hybridized carbons (Fsp3) is 0.667. The molecule has 0 aliphatic carbocycles. The number of ether oxygens (including phenoxy) is 3. The molecule has 1 fully saturated rings. The SMILES string of the molecule is CC\C=C/C=C/C=C/C=C\C=C\C=C\CCCCCC(=O)OC1C(OCC(NC(=O)C(O)CCCCCCCC/C=C/C/C=C/CC)C(O)/C=C/CCCCCCCCCCCC)OC(CO)C(O)C1O. The van der Waals surface area contributed by atoms with E-state index in [-0.39, 0.29) is 19.4 Å². The van der Waals surface area contributed by atoms with E-state index in [2.05, 4.69) is 62.5 Å². The van der Waals surface area contributed by atoms with Crippen molar-refractivity contribution in [1.82, 2.24) is 5.32 Å². The van der Waals surface area contributed by atoms with Gasteiger partial charge < -0.3 is 45.1 Å². The normalized spacial score (nSPS) is 20.5. The second-order valence-electron chi connectivity index (χ2n) is 18.7. The molecule has 11 heteroatoms. The van der Waals surface area contributed by atoms with Gasteiger partial charge in [-0.3, -0.25) is 9.59 Å². The fourth-order valence-electron chi connectivity index (χ4n) is 7.95. The zero-order valence-electron chi connectivity index (χ0n) is 44.3. The Morgan fingerprint density at radius 3 is 1.68 bits per heavy atom. The highest BCUT2D eigenvalue weighted by atomic mass is 16.7. The van der Waals surface area contributed by atoms with Crippen LogP contribution in [0.3, 0.4) is 0 Å². The molecule has 6 N–H and O–H groups in total. The first-order valence-electron chi connectivity index (χ1n) is 27.7. The van der Waals surface area contributed by atoms with Crippen molar-refractivity contribution in [1.29, 1.82) is 0 Å². The van der Waals surface area contributed by atoms with Crippen LogP contribution in [0.1, 0.15) is 194 Å². The molecule has 11 nitrogen and oxygen atoms in total. The molecule has 1 aliphatic rings. The molecule has 8 atom stereocenters. The summed E-state index contributed by atoms with van der Waals surface area (Å²) < 4.78 is 17.5. The van der Waals surface area contributed by atoms with Crippen molar-refractivity contribution in [3.8, 4) is 0 Å². The molecule has 0 bridgehead atoms. The fourth-order valence-corrected chi connectivity index (χ4v) is 7.95. The molecule has 0 aromatic carbocycles. The van der Waals surface area contributed by atoms with Gasteiger partial charge in [0, 0.05) is 6.42 Å². The number of allylic oxidation sites excluding steroid dienone is 17. The van der Waals surface area contributed by atoms with Crippen molar-refractivity contribution < 1.29 is 49.3 Å². The summed E-state index contributed by atoms with van der Waals surface area (Å²) in [5.41, 5.74) is 0. The van der Waals surface area contributed by atoms with E-state index in [0.717, 1.165) is 103 Å². The minimum absolute atomic E-state index is 0.0651. The Bertz CT molecular complexity index is 1560. The van der Waals surface area contributed by atoms with E-state index in [0.29, 0.717) is 12.8 Å². The Morgan fingerprint density at radius 2 is 1.08 bits per heavy atom. The third-order valence-electron chi connectivity index (χ3n) is 12.3. The maximum atomic E-state index is 13.3. The maximum Gasteiger partial charge on any atom is 0.306 e. The average Bonchev–Trinajstić information content (AvgIpc) is 3.37. The summed E-state index contributed by atoms with van der Waals surface area (Å²) >= 11 is 0. The van der Waals surface area contributed by atoms with Crippen molar-refractivity contribution in [2.24, 2.45) is 0 Å². The van der Waals surface area contributed by atoms with Crippen LogP contribution in [0.5, 0.6) is 0 Å². The Morgan fingerprint density at radius 1 is 0.577 bits per heavy atom. The summed E-state index contributed by atoms with van der Waals surface area (Å²) in [4.78, 5) is 26.4. The Hall–Kier alpha value is -3.68. The molecule has 71 heavy (non-hydrogen) atoms. The molecule has 1 amide bonds. The van der Waals surface area contributed by atoms with Gasteiger partial charge >= 0.3 is 5.97 Å².